The number of carbonyl (C=O) groups is 3. The second-order valence-corrected chi connectivity index (χ2v) is 7.31. The molecule has 1 fully saturated rings. The molecule has 0 spiro atoms. The average molecular weight is 380 g/mol. The van der Waals surface area contributed by atoms with E-state index in [0.29, 0.717) is 17.1 Å². The third-order valence-electron chi connectivity index (χ3n) is 4.54. The number of imide groups is 1. The zero-order valence-electron chi connectivity index (χ0n) is 15.3. The molecular formula is C19H26ClN3O3. The Balaban J connectivity index is 1.90. The molecule has 0 bridgehead atoms. The maximum absolute atomic E-state index is 12.6. The van der Waals surface area contributed by atoms with Crippen LogP contribution in [0.5, 0.6) is 0 Å². The van der Waals surface area contributed by atoms with E-state index in [0.717, 1.165) is 30.6 Å². The van der Waals surface area contributed by atoms with Crippen LogP contribution in [0.15, 0.2) is 24.3 Å². The van der Waals surface area contributed by atoms with Crippen LogP contribution >= 0.6 is 11.6 Å². The van der Waals surface area contributed by atoms with Crippen LogP contribution in [0.2, 0.25) is 5.02 Å². The van der Waals surface area contributed by atoms with E-state index < -0.39 is 17.5 Å². The number of nitrogens with one attached hydrogen (secondary N) is 2. The molecule has 2 rings (SSSR count). The summed E-state index contributed by atoms with van der Waals surface area (Å²) in [5.41, 5.74) is -0.409. The molecule has 0 radical (unpaired) electrons. The van der Waals surface area contributed by atoms with Crippen LogP contribution in [0.25, 0.3) is 0 Å². The van der Waals surface area contributed by atoms with Crippen molar-refractivity contribution in [3.05, 3.63) is 29.3 Å². The molecule has 6 nitrogen and oxygen atoms in total. The highest BCUT2D eigenvalue weighted by atomic mass is 35.5. The van der Waals surface area contributed by atoms with Crippen LogP contribution in [-0.2, 0) is 9.59 Å². The highest BCUT2D eigenvalue weighted by Gasteiger charge is 2.47. The molecule has 7 heteroatoms. The maximum atomic E-state index is 12.6. The summed E-state index contributed by atoms with van der Waals surface area (Å²) >= 11 is 5.88. The number of unbranched alkanes of at least 4 members (excludes halogenated alkanes) is 4. The Morgan fingerprint density at radius 2 is 1.96 bits per heavy atom. The highest BCUT2D eigenvalue weighted by Crippen LogP contribution is 2.24. The van der Waals surface area contributed by atoms with Crippen LogP contribution < -0.4 is 10.6 Å². The Morgan fingerprint density at radius 1 is 1.23 bits per heavy atom. The van der Waals surface area contributed by atoms with E-state index in [1.165, 1.54) is 6.42 Å². The van der Waals surface area contributed by atoms with Gasteiger partial charge >= 0.3 is 6.03 Å². The van der Waals surface area contributed by atoms with Gasteiger partial charge in [0, 0.05) is 10.7 Å². The van der Waals surface area contributed by atoms with Gasteiger partial charge in [-0.15, -0.1) is 0 Å². The molecule has 26 heavy (non-hydrogen) atoms. The number of rotatable bonds is 9. The van der Waals surface area contributed by atoms with Gasteiger partial charge in [0.05, 0.1) is 0 Å². The van der Waals surface area contributed by atoms with E-state index in [4.69, 9.17) is 11.6 Å². The van der Waals surface area contributed by atoms with E-state index in [-0.39, 0.29) is 12.5 Å². The summed E-state index contributed by atoms with van der Waals surface area (Å²) in [6.45, 7) is 3.55. The van der Waals surface area contributed by atoms with E-state index in [2.05, 4.69) is 17.6 Å². The summed E-state index contributed by atoms with van der Waals surface area (Å²) < 4.78 is 0. The molecule has 1 atom stereocenters. The number of urea groups is 1. The lowest BCUT2D eigenvalue weighted by Gasteiger charge is -2.21. The lowest BCUT2D eigenvalue weighted by molar-refractivity contribution is -0.133. The number of hydrogen-bond acceptors (Lipinski definition) is 3. The summed E-state index contributed by atoms with van der Waals surface area (Å²) in [7, 11) is 0. The smallest absolute Gasteiger partial charge is 0.324 e. The largest absolute Gasteiger partial charge is 0.325 e. The van der Waals surface area contributed by atoms with Crippen LogP contribution in [0.3, 0.4) is 0 Å². The molecule has 0 unspecified atom stereocenters. The van der Waals surface area contributed by atoms with Gasteiger partial charge in [0.25, 0.3) is 5.91 Å². The second kappa shape index (κ2) is 9.03. The fraction of sp³-hybridized carbons (Fsp3) is 0.526. The summed E-state index contributed by atoms with van der Waals surface area (Å²) in [4.78, 5) is 38.0. The molecule has 1 aromatic carbocycles. The molecule has 4 amide bonds. The lowest BCUT2D eigenvalue weighted by Crippen LogP contribution is -2.44. The van der Waals surface area contributed by atoms with Crippen LogP contribution in [0, 0.1) is 0 Å². The first kappa shape index (κ1) is 20.2. The predicted molar refractivity (Wildman–Crippen MR) is 102 cm³/mol. The second-order valence-electron chi connectivity index (χ2n) is 6.88. The van der Waals surface area contributed by atoms with Gasteiger partial charge in [0.1, 0.15) is 12.1 Å². The van der Waals surface area contributed by atoms with E-state index >= 15 is 0 Å². The first-order chi connectivity index (χ1) is 12.4. The normalized spacial score (nSPS) is 19.6. The Hall–Kier alpha value is -2.08. The van der Waals surface area contributed by atoms with Crippen LogP contribution in [0.4, 0.5) is 10.5 Å². The number of benzene rings is 1. The molecule has 0 saturated carbocycles. The minimum absolute atomic E-state index is 0.317. The van der Waals surface area contributed by atoms with Gasteiger partial charge in [-0.05, 0) is 31.5 Å². The number of carbonyl (C=O) groups excluding carboxylic acids is 3. The van der Waals surface area contributed by atoms with Gasteiger partial charge in [-0.2, -0.15) is 0 Å². The fourth-order valence-electron chi connectivity index (χ4n) is 3.05. The monoisotopic (exact) mass is 379 g/mol. The number of nitrogens with zero attached hydrogens (tertiary/aromatic N) is 1. The van der Waals surface area contributed by atoms with Crippen molar-refractivity contribution < 1.29 is 14.4 Å². The van der Waals surface area contributed by atoms with E-state index in [1.807, 2.05) is 0 Å². The Morgan fingerprint density at radius 3 is 2.65 bits per heavy atom. The molecule has 1 aliphatic rings. The molecule has 142 valence electrons. The van der Waals surface area contributed by atoms with Crippen molar-refractivity contribution in [2.75, 3.05) is 11.9 Å². The van der Waals surface area contributed by atoms with Crippen molar-refractivity contribution in [2.45, 2.75) is 57.9 Å². The SMILES string of the molecule is CCCCCCC[C@]1(C)NC(=O)N(CC(=O)Nc2cccc(Cl)c2)C1=O. The van der Waals surface area contributed by atoms with Crippen molar-refractivity contribution in [1.82, 2.24) is 10.2 Å². The molecule has 1 aliphatic heterocycles. The zero-order chi connectivity index (χ0) is 19.2. The van der Waals surface area contributed by atoms with E-state index in [9.17, 15) is 14.4 Å². The molecule has 0 aromatic heterocycles. The summed E-state index contributed by atoms with van der Waals surface area (Å²) in [5.74, 6) is -0.790. The van der Waals surface area contributed by atoms with Crippen molar-refractivity contribution in [1.29, 1.82) is 0 Å². The van der Waals surface area contributed by atoms with Crippen LogP contribution in [-0.4, -0.2) is 34.8 Å². The highest BCUT2D eigenvalue weighted by molar-refractivity contribution is 6.30. The minimum Gasteiger partial charge on any atom is -0.324 e. The predicted octanol–water partition coefficient (Wildman–Crippen LogP) is 3.95. The standard InChI is InChI=1S/C19H26ClN3O3/c1-3-4-5-6-7-11-19(2)17(25)23(18(26)22-19)13-16(24)21-15-10-8-9-14(20)12-15/h8-10,12H,3-7,11,13H2,1-2H3,(H,21,24)(H,22,26)/t19-/m0/s1. The van der Waals surface area contributed by atoms with Gasteiger partial charge in [0.15, 0.2) is 0 Å². The van der Waals surface area contributed by atoms with Crippen molar-refractivity contribution in [3.63, 3.8) is 0 Å². The summed E-state index contributed by atoms with van der Waals surface area (Å²) in [5, 5.41) is 5.88. The molecule has 0 aliphatic carbocycles. The first-order valence-electron chi connectivity index (χ1n) is 9.05. The van der Waals surface area contributed by atoms with Gasteiger partial charge in [-0.3, -0.25) is 14.5 Å². The number of halogens is 1. The molecule has 1 aromatic rings. The van der Waals surface area contributed by atoms with E-state index in [1.54, 1.807) is 31.2 Å². The Labute approximate surface area is 159 Å². The number of amides is 4. The Bertz CT molecular complexity index is 680. The molecule has 1 saturated heterocycles. The average Bonchev–Trinajstić information content (AvgIpc) is 2.78. The quantitative estimate of drug-likeness (QED) is 0.503. The Kier molecular flexibility index (Phi) is 7.03. The van der Waals surface area contributed by atoms with Crippen molar-refractivity contribution in [2.24, 2.45) is 0 Å². The third-order valence-corrected chi connectivity index (χ3v) is 4.77. The zero-order valence-corrected chi connectivity index (χ0v) is 16.1. The van der Waals surface area contributed by atoms with Gasteiger partial charge in [-0.1, -0.05) is 56.7 Å². The topological polar surface area (TPSA) is 78.5 Å². The first-order valence-corrected chi connectivity index (χ1v) is 9.43. The maximum Gasteiger partial charge on any atom is 0.325 e. The lowest BCUT2D eigenvalue weighted by atomic mass is 9.94. The van der Waals surface area contributed by atoms with Gasteiger partial charge in [-0.25, -0.2) is 4.79 Å². The number of hydrogen-bond donors (Lipinski definition) is 2. The minimum atomic E-state index is -0.931. The van der Waals surface area contributed by atoms with Gasteiger partial charge in [0.2, 0.25) is 5.91 Å². The summed E-state index contributed by atoms with van der Waals surface area (Å²) in [6, 6.07) is 6.18. The molecule has 2 N–H and O–H groups in total. The van der Waals surface area contributed by atoms with Crippen LogP contribution in [0.1, 0.15) is 52.4 Å². The summed E-state index contributed by atoms with van der Waals surface area (Å²) in [6.07, 6.45) is 5.93. The molecule has 1 heterocycles. The third kappa shape index (κ3) is 5.21. The van der Waals surface area contributed by atoms with Crippen molar-refractivity contribution in [3.8, 4) is 0 Å². The van der Waals surface area contributed by atoms with Crippen molar-refractivity contribution >= 4 is 35.1 Å². The molecular weight excluding hydrogens is 354 g/mol. The van der Waals surface area contributed by atoms with Gasteiger partial charge < -0.3 is 10.6 Å². The fourth-order valence-corrected chi connectivity index (χ4v) is 3.24. The number of anilines is 1.